The molecule has 5 nitrogen and oxygen atoms in total. The highest BCUT2D eigenvalue weighted by Crippen LogP contribution is 2.37. The van der Waals surface area contributed by atoms with Gasteiger partial charge in [-0.2, -0.15) is 0 Å². The molecule has 0 saturated heterocycles. The molecule has 0 atom stereocenters. The second-order valence-electron chi connectivity index (χ2n) is 7.44. The van der Waals surface area contributed by atoms with E-state index in [9.17, 15) is 4.79 Å². The van der Waals surface area contributed by atoms with Gasteiger partial charge in [-0.1, -0.05) is 24.3 Å². The molecular weight excluding hydrogens is 378 g/mol. The van der Waals surface area contributed by atoms with Crippen molar-refractivity contribution in [3.8, 4) is 22.6 Å². The minimum Gasteiger partial charge on any atom is -0.497 e. The molecule has 4 aromatic rings. The van der Waals surface area contributed by atoms with Crippen LogP contribution in [0.15, 0.2) is 75.9 Å². The van der Waals surface area contributed by atoms with Gasteiger partial charge in [-0.3, -0.25) is 0 Å². The highest BCUT2D eigenvalue weighted by atomic mass is 16.5. The topological polar surface area (TPSA) is 51.9 Å². The summed E-state index contributed by atoms with van der Waals surface area (Å²) in [6, 6.07) is 21.4. The van der Waals surface area contributed by atoms with Crippen LogP contribution in [0.5, 0.6) is 11.5 Å². The van der Waals surface area contributed by atoms with Crippen LogP contribution in [-0.4, -0.2) is 13.8 Å². The third-order valence-corrected chi connectivity index (χ3v) is 5.47. The zero-order valence-electron chi connectivity index (χ0n) is 16.8. The van der Waals surface area contributed by atoms with E-state index < -0.39 is 0 Å². The number of fused-ring (bicyclic) bond motifs is 3. The van der Waals surface area contributed by atoms with Crippen molar-refractivity contribution >= 4 is 16.7 Å². The quantitative estimate of drug-likeness (QED) is 0.447. The summed E-state index contributed by atoms with van der Waals surface area (Å²) in [7, 11) is 1.63. The molecule has 0 radical (unpaired) electrons. The van der Waals surface area contributed by atoms with Gasteiger partial charge in [-0.25, -0.2) is 4.79 Å². The molecule has 150 valence electrons. The zero-order valence-corrected chi connectivity index (χ0v) is 16.8. The van der Waals surface area contributed by atoms with E-state index in [1.807, 2.05) is 42.5 Å². The number of aryl methyl sites for hydroxylation is 1. The Morgan fingerprint density at radius 1 is 1.00 bits per heavy atom. The maximum Gasteiger partial charge on any atom is 0.336 e. The molecule has 0 amide bonds. The zero-order chi connectivity index (χ0) is 20.7. The Kier molecular flexibility index (Phi) is 4.43. The van der Waals surface area contributed by atoms with Gasteiger partial charge >= 0.3 is 5.63 Å². The Morgan fingerprint density at radius 3 is 2.60 bits per heavy atom. The normalized spacial score (nSPS) is 13.1. The molecule has 1 aliphatic rings. The lowest BCUT2D eigenvalue weighted by Crippen LogP contribution is -2.32. The Morgan fingerprint density at radius 2 is 1.83 bits per heavy atom. The lowest BCUT2D eigenvalue weighted by atomic mass is 9.99. The predicted octanol–water partition coefficient (Wildman–Crippen LogP) is 5.13. The van der Waals surface area contributed by atoms with Gasteiger partial charge in [-0.05, 0) is 60.0 Å². The summed E-state index contributed by atoms with van der Waals surface area (Å²) < 4.78 is 16.9. The largest absolute Gasteiger partial charge is 0.497 e. The second kappa shape index (κ2) is 7.26. The van der Waals surface area contributed by atoms with Crippen molar-refractivity contribution in [3.63, 3.8) is 0 Å². The second-order valence-corrected chi connectivity index (χ2v) is 7.44. The van der Waals surface area contributed by atoms with Crippen molar-refractivity contribution in [1.82, 2.24) is 0 Å². The first-order chi connectivity index (χ1) is 14.6. The van der Waals surface area contributed by atoms with Gasteiger partial charge in [0.05, 0.1) is 19.2 Å². The van der Waals surface area contributed by atoms with E-state index in [2.05, 4.69) is 30.0 Å². The van der Waals surface area contributed by atoms with Gasteiger partial charge in [0.15, 0.2) is 6.73 Å². The predicted molar refractivity (Wildman–Crippen MR) is 117 cm³/mol. The average Bonchev–Trinajstić information content (AvgIpc) is 2.78. The number of methoxy groups -OCH3 is 1. The van der Waals surface area contributed by atoms with Gasteiger partial charge in [0.25, 0.3) is 0 Å². The summed E-state index contributed by atoms with van der Waals surface area (Å²) in [5, 5.41) is 0.883. The number of hydrogen-bond donors (Lipinski definition) is 0. The van der Waals surface area contributed by atoms with Crippen LogP contribution in [0, 0.1) is 6.92 Å². The maximum atomic E-state index is 12.4. The van der Waals surface area contributed by atoms with Crippen LogP contribution in [0.25, 0.3) is 22.1 Å². The first-order valence-corrected chi connectivity index (χ1v) is 9.81. The Labute approximate surface area is 174 Å². The highest BCUT2D eigenvalue weighted by Gasteiger charge is 2.23. The fourth-order valence-electron chi connectivity index (χ4n) is 3.93. The molecule has 30 heavy (non-hydrogen) atoms. The maximum absolute atomic E-state index is 12.4. The van der Waals surface area contributed by atoms with Gasteiger partial charge in [0, 0.05) is 17.1 Å². The summed E-state index contributed by atoms with van der Waals surface area (Å²) in [4.78, 5) is 14.6. The number of ether oxygens (including phenoxy) is 2. The van der Waals surface area contributed by atoms with Crippen molar-refractivity contribution in [1.29, 1.82) is 0 Å². The molecule has 5 heteroatoms. The van der Waals surface area contributed by atoms with Crippen molar-refractivity contribution in [3.05, 3.63) is 88.3 Å². The molecule has 0 spiro atoms. The molecule has 0 saturated carbocycles. The van der Waals surface area contributed by atoms with Crippen LogP contribution in [-0.2, 0) is 6.54 Å². The number of nitrogens with zero attached hydrogens (tertiary/aromatic N) is 1. The summed E-state index contributed by atoms with van der Waals surface area (Å²) in [5.41, 5.74) is 5.10. The molecule has 2 heterocycles. The van der Waals surface area contributed by atoms with E-state index >= 15 is 0 Å². The fraction of sp³-hybridized carbons (Fsp3) is 0.160. The van der Waals surface area contributed by atoms with Crippen LogP contribution >= 0.6 is 0 Å². The van der Waals surface area contributed by atoms with Crippen LogP contribution in [0.3, 0.4) is 0 Å². The molecule has 0 N–H and O–H groups in total. The number of hydrogen-bond acceptors (Lipinski definition) is 5. The molecule has 1 aromatic heterocycles. The highest BCUT2D eigenvalue weighted by molar-refractivity contribution is 5.96. The van der Waals surface area contributed by atoms with E-state index in [4.69, 9.17) is 13.9 Å². The monoisotopic (exact) mass is 399 g/mol. The Hall–Kier alpha value is -3.73. The minimum atomic E-state index is -0.380. The van der Waals surface area contributed by atoms with Crippen LogP contribution < -0.4 is 20.0 Å². The van der Waals surface area contributed by atoms with Crippen LogP contribution in [0.1, 0.15) is 11.1 Å². The van der Waals surface area contributed by atoms with Crippen LogP contribution in [0.4, 0.5) is 5.69 Å². The molecule has 0 aliphatic carbocycles. The standard InChI is InChI=1S/C25H21NO4/c1-16-4-3-5-18(12-16)26-14-22-23(29-15-26)11-10-20-21(13-24(27)30-25(20)22)17-6-8-19(28-2)9-7-17/h3-13H,14-15H2,1-2H3. The van der Waals surface area contributed by atoms with Crippen molar-refractivity contribution in [2.24, 2.45) is 0 Å². The van der Waals surface area contributed by atoms with Gasteiger partial charge in [-0.15, -0.1) is 0 Å². The molecule has 0 fully saturated rings. The van der Waals surface area contributed by atoms with E-state index in [0.29, 0.717) is 18.9 Å². The van der Waals surface area contributed by atoms with Crippen molar-refractivity contribution in [2.75, 3.05) is 18.7 Å². The molecule has 1 aliphatic heterocycles. The lowest BCUT2D eigenvalue weighted by Gasteiger charge is -2.31. The third-order valence-electron chi connectivity index (χ3n) is 5.47. The van der Waals surface area contributed by atoms with Crippen molar-refractivity contribution in [2.45, 2.75) is 13.5 Å². The smallest absolute Gasteiger partial charge is 0.336 e. The molecule has 3 aromatic carbocycles. The summed E-state index contributed by atoms with van der Waals surface area (Å²) in [5.74, 6) is 1.52. The fourth-order valence-corrected chi connectivity index (χ4v) is 3.93. The first-order valence-electron chi connectivity index (χ1n) is 9.81. The SMILES string of the molecule is COc1ccc(-c2cc(=O)oc3c4c(ccc23)OCN(c2cccc(C)c2)C4)cc1. The van der Waals surface area contributed by atoms with Crippen LogP contribution in [0.2, 0.25) is 0 Å². The van der Waals surface area contributed by atoms with E-state index in [1.165, 1.54) is 5.56 Å². The Balaban J connectivity index is 1.64. The average molecular weight is 399 g/mol. The van der Waals surface area contributed by atoms with Gasteiger partial charge in [0.1, 0.15) is 17.1 Å². The van der Waals surface area contributed by atoms with E-state index in [1.54, 1.807) is 13.2 Å². The third kappa shape index (κ3) is 3.18. The summed E-state index contributed by atoms with van der Waals surface area (Å²) >= 11 is 0. The van der Waals surface area contributed by atoms with E-state index in [-0.39, 0.29) is 5.63 Å². The first kappa shape index (κ1) is 18.3. The molecular formula is C25H21NO4. The van der Waals surface area contributed by atoms with E-state index in [0.717, 1.165) is 39.3 Å². The minimum absolute atomic E-state index is 0.380. The summed E-state index contributed by atoms with van der Waals surface area (Å²) in [6.07, 6.45) is 0. The number of benzene rings is 3. The van der Waals surface area contributed by atoms with Gasteiger partial charge in [0.2, 0.25) is 0 Å². The molecule has 5 rings (SSSR count). The number of anilines is 1. The summed E-state index contributed by atoms with van der Waals surface area (Å²) in [6.45, 7) is 3.12. The molecule has 0 unspecified atom stereocenters. The van der Waals surface area contributed by atoms with Gasteiger partial charge < -0.3 is 18.8 Å². The lowest BCUT2D eigenvalue weighted by molar-refractivity contribution is 0.289. The molecule has 0 bridgehead atoms. The Bertz CT molecular complexity index is 1290. The van der Waals surface area contributed by atoms with Crippen molar-refractivity contribution < 1.29 is 13.9 Å². The number of rotatable bonds is 3.